The molecule has 0 unspecified atom stereocenters. The number of benzene rings is 2. The van der Waals surface area contributed by atoms with E-state index in [2.05, 4.69) is 14.9 Å². The molecule has 0 aliphatic rings. The Morgan fingerprint density at radius 3 is 2.46 bits per heavy atom. The van der Waals surface area contributed by atoms with Gasteiger partial charge in [-0.25, -0.2) is 4.79 Å². The normalized spacial score (nSPS) is 11.5. The summed E-state index contributed by atoms with van der Waals surface area (Å²) in [5.41, 5.74) is 1.69. The third kappa shape index (κ3) is 4.52. The fourth-order valence-electron chi connectivity index (χ4n) is 2.54. The molecule has 8 heteroatoms. The Morgan fingerprint density at radius 2 is 1.82 bits per heavy atom. The second-order valence-electron chi connectivity index (χ2n) is 5.82. The summed E-state index contributed by atoms with van der Waals surface area (Å²) < 4.78 is 14.5. The van der Waals surface area contributed by atoms with Crippen LogP contribution >= 0.6 is 11.5 Å². The molecule has 0 saturated carbocycles. The lowest BCUT2D eigenvalue weighted by atomic mass is 10.1. The van der Waals surface area contributed by atoms with Crippen LogP contribution in [-0.4, -0.2) is 28.6 Å². The lowest BCUT2D eigenvalue weighted by Crippen LogP contribution is -2.26. The summed E-state index contributed by atoms with van der Waals surface area (Å²) in [5.74, 6) is -0.403. The maximum atomic E-state index is 12.9. The molecule has 0 aliphatic heterocycles. The molecular formula is C20H19N3O4S. The van der Waals surface area contributed by atoms with Crippen molar-refractivity contribution in [2.24, 2.45) is 0 Å². The van der Waals surface area contributed by atoms with Gasteiger partial charge in [-0.15, -0.1) is 5.10 Å². The topological polar surface area (TPSA) is 90.4 Å². The third-order valence-electron chi connectivity index (χ3n) is 4.00. The molecule has 1 amide bonds. The zero-order valence-corrected chi connectivity index (χ0v) is 16.2. The molecule has 0 spiro atoms. The van der Waals surface area contributed by atoms with E-state index in [1.54, 1.807) is 55.6 Å². The number of esters is 1. The summed E-state index contributed by atoms with van der Waals surface area (Å²) in [6, 6.07) is 15.7. The molecule has 1 aromatic heterocycles. The SMILES string of the molecule is CCc1nnsc1C(=O)O[C@H](C(=O)Nc1ccc(OC)cc1)c1ccccc1. The summed E-state index contributed by atoms with van der Waals surface area (Å²) in [6.45, 7) is 1.87. The van der Waals surface area contributed by atoms with Crippen LogP contribution in [0.5, 0.6) is 5.75 Å². The van der Waals surface area contributed by atoms with Crippen molar-refractivity contribution >= 4 is 29.1 Å². The zero-order valence-electron chi connectivity index (χ0n) is 15.4. The van der Waals surface area contributed by atoms with Gasteiger partial charge in [0.2, 0.25) is 6.10 Å². The summed E-state index contributed by atoms with van der Waals surface area (Å²) in [6.07, 6.45) is -0.558. The number of aryl methyl sites for hydroxylation is 1. The Labute approximate surface area is 166 Å². The Hall–Kier alpha value is -3.26. The molecule has 0 aliphatic carbocycles. The predicted molar refractivity (Wildman–Crippen MR) is 106 cm³/mol. The maximum Gasteiger partial charge on any atom is 0.353 e. The fourth-order valence-corrected chi connectivity index (χ4v) is 3.17. The minimum Gasteiger partial charge on any atom is -0.497 e. The number of rotatable bonds is 7. The first-order valence-electron chi connectivity index (χ1n) is 8.64. The van der Waals surface area contributed by atoms with Gasteiger partial charge in [-0.2, -0.15) is 0 Å². The summed E-state index contributed by atoms with van der Waals surface area (Å²) in [5, 5.41) is 6.69. The van der Waals surface area contributed by atoms with Crippen molar-refractivity contribution in [3.63, 3.8) is 0 Å². The second kappa shape index (κ2) is 9.09. The molecule has 1 heterocycles. The summed E-state index contributed by atoms with van der Waals surface area (Å²) in [7, 11) is 1.57. The van der Waals surface area contributed by atoms with Crippen LogP contribution in [0.1, 0.15) is 34.0 Å². The smallest absolute Gasteiger partial charge is 0.353 e. The lowest BCUT2D eigenvalue weighted by Gasteiger charge is -2.18. The lowest BCUT2D eigenvalue weighted by molar-refractivity contribution is -0.125. The van der Waals surface area contributed by atoms with E-state index in [0.717, 1.165) is 11.5 Å². The highest BCUT2D eigenvalue weighted by molar-refractivity contribution is 7.07. The van der Waals surface area contributed by atoms with Gasteiger partial charge in [0.05, 0.1) is 12.8 Å². The molecule has 3 rings (SSSR count). The van der Waals surface area contributed by atoms with Crippen LogP contribution in [0, 0.1) is 0 Å². The van der Waals surface area contributed by atoms with Gasteiger partial charge in [0.1, 0.15) is 5.75 Å². The number of hydrogen-bond donors (Lipinski definition) is 1. The molecule has 0 fully saturated rings. The van der Waals surface area contributed by atoms with Gasteiger partial charge in [-0.1, -0.05) is 41.7 Å². The number of anilines is 1. The van der Waals surface area contributed by atoms with Crippen molar-refractivity contribution in [3.05, 3.63) is 70.7 Å². The molecule has 7 nitrogen and oxygen atoms in total. The van der Waals surface area contributed by atoms with Crippen molar-refractivity contribution in [2.75, 3.05) is 12.4 Å². The summed E-state index contributed by atoms with van der Waals surface area (Å²) >= 11 is 0.958. The monoisotopic (exact) mass is 397 g/mol. The number of aromatic nitrogens is 2. The van der Waals surface area contributed by atoms with Crippen molar-refractivity contribution < 1.29 is 19.1 Å². The van der Waals surface area contributed by atoms with E-state index in [9.17, 15) is 9.59 Å². The Morgan fingerprint density at radius 1 is 1.11 bits per heavy atom. The second-order valence-corrected chi connectivity index (χ2v) is 6.57. The molecule has 1 N–H and O–H groups in total. The van der Waals surface area contributed by atoms with Crippen molar-refractivity contribution in [3.8, 4) is 5.75 Å². The quantitative estimate of drug-likeness (QED) is 0.612. The molecule has 144 valence electrons. The summed E-state index contributed by atoms with van der Waals surface area (Å²) in [4.78, 5) is 25.8. The van der Waals surface area contributed by atoms with Crippen LogP contribution in [0.4, 0.5) is 5.69 Å². The number of ether oxygens (including phenoxy) is 2. The van der Waals surface area contributed by atoms with Crippen molar-refractivity contribution in [2.45, 2.75) is 19.4 Å². The first-order valence-corrected chi connectivity index (χ1v) is 9.41. The Kier molecular flexibility index (Phi) is 6.33. The number of carbonyl (C=O) groups excluding carboxylic acids is 2. The van der Waals surface area contributed by atoms with Gasteiger partial charge in [0, 0.05) is 11.3 Å². The van der Waals surface area contributed by atoms with E-state index in [1.165, 1.54) is 0 Å². The Balaban J connectivity index is 1.82. The number of nitrogens with zero attached hydrogens (tertiary/aromatic N) is 2. The van der Waals surface area contributed by atoms with Gasteiger partial charge in [-0.3, -0.25) is 4.79 Å². The Bertz CT molecular complexity index is 942. The number of hydrogen-bond acceptors (Lipinski definition) is 7. The third-order valence-corrected chi connectivity index (χ3v) is 4.75. The van der Waals surface area contributed by atoms with E-state index >= 15 is 0 Å². The minimum absolute atomic E-state index is 0.306. The fraction of sp³-hybridized carbons (Fsp3) is 0.200. The van der Waals surface area contributed by atoms with Gasteiger partial charge < -0.3 is 14.8 Å². The molecule has 0 bridgehead atoms. The molecule has 1 atom stereocenters. The standard InChI is InChI=1S/C20H19N3O4S/c1-3-16-18(28-23-22-16)20(25)27-17(13-7-5-4-6-8-13)19(24)21-14-9-11-15(26-2)12-10-14/h4-12,17H,3H2,1-2H3,(H,21,24)/t17-/m0/s1. The van der Waals surface area contributed by atoms with E-state index in [1.807, 2.05) is 13.0 Å². The number of nitrogens with one attached hydrogen (secondary N) is 1. The van der Waals surface area contributed by atoms with Crippen LogP contribution in [0.15, 0.2) is 54.6 Å². The van der Waals surface area contributed by atoms with Gasteiger partial charge in [-0.05, 0) is 42.2 Å². The van der Waals surface area contributed by atoms with E-state index in [0.29, 0.717) is 34.0 Å². The van der Waals surface area contributed by atoms with Crippen LogP contribution in [0.3, 0.4) is 0 Å². The number of methoxy groups -OCH3 is 1. The minimum atomic E-state index is -1.11. The van der Waals surface area contributed by atoms with Crippen molar-refractivity contribution in [1.82, 2.24) is 9.59 Å². The molecular weight excluding hydrogens is 378 g/mol. The predicted octanol–water partition coefficient (Wildman–Crippen LogP) is 3.65. The molecule has 0 saturated heterocycles. The number of amides is 1. The van der Waals surface area contributed by atoms with Crippen LogP contribution < -0.4 is 10.1 Å². The van der Waals surface area contributed by atoms with E-state index < -0.39 is 18.0 Å². The van der Waals surface area contributed by atoms with Crippen molar-refractivity contribution in [1.29, 1.82) is 0 Å². The highest BCUT2D eigenvalue weighted by Gasteiger charge is 2.28. The van der Waals surface area contributed by atoms with Crippen LogP contribution in [0.2, 0.25) is 0 Å². The van der Waals surface area contributed by atoms with E-state index in [-0.39, 0.29) is 0 Å². The zero-order chi connectivity index (χ0) is 19.9. The first-order chi connectivity index (χ1) is 13.6. The average Bonchev–Trinajstić information content (AvgIpc) is 3.22. The van der Waals surface area contributed by atoms with Gasteiger partial charge in [0.15, 0.2) is 4.88 Å². The highest BCUT2D eigenvalue weighted by Crippen LogP contribution is 2.24. The number of carbonyl (C=O) groups is 2. The van der Waals surface area contributed by atoms with Gasteiger partial charge in [0.25, 0.3) is 5.91 Å². The molecule has 0 radical (unpaired) electrons. The average molecular weight is 397 g/mol. The molecule has 28 heavy (non-hydrogen) atoms. The largest absolute Gasteiger partial charge is 0.497 e. The first kappa shape index (κ1) is 19.5. The molecule has 2 aromatic carbocycles. The van der Waals surface area contributed by atoms with Crippen LogP contribution in [0.25, 0.3) is 0 Å². The van der Waals surface area contributed by atoms with E-state index in [4.69, 9.17) is 9.47 Å². The van der Waals surface area contributed by atoms with Crippen LogP contribution in [-0.2, 0) is 16.0 Å². The maximum absolute atomic E-state index is 12.9. The highest BCUT2D eigenvalue weighted by atomic mass is 32.1. The molecule has 3 aromatic rings. The van der Waals surface area contributed by atoms with Gasteiger partial charge >= 0.3 is 5.97 Å².